The summed E-state index contributed by atoms with van der Waals surface area (Å²) in [4.78, 5) is 8.70. The molecule has 0 aromatic carbocycles. The Morgan fingerprint density at radius 2 is 2.00 bits per heavy atom. The van der Waals surface area contributed by atoms with Crippen LogP contribution in [0.25, 0.3) is 0 Å². The Morgan fingerprint density at radius 1 is 1.28 bits per heavy atom. The van der Waals surface area contributed by atoms with Gasteiger partial charge in [-0.1, -0.05) is 0 Å². The maximum atomic E-state index is 4.82. The maximum Gasteiger partial charge on any atom is 0.0963 e. The van der Waals surface area contributed by atoms with E-state index in [1.165, 1.54) is 54.4 Å². The molecule has 4 heteroatoms. The van der Waals surface area contributed by atoms with E-state index in [1.54, 1.807) is 0 Å². The van der Waals surface area contributed by atoms with Gasteiger partial charge in [0.05, 0.1) is 10.7 Å². The van der Waals surface area contributed by atoms with E-state index < -0.39 is 0 Å². The van der Waals surface area contributed by atoms with Crippen molar-refractivity contribution in [2.24, 2.45) is 0 Å². The number of nitrogens with zero attached hydrogens (tertiary/aromatic N) is 2. The maximum absolute atomic E-state index is 4.82. The van der Waals surface area contributed by atoms with Crippen LogP contribution in [0.5, 0.6) is 0 Å². The Bertz CT molecular complexity index is 403. The summed E-state index contributed by atoms with van der Waals surface area (Å²) < 4.78 is 0. The second-order valence-electron chi connectivity index (χ2n) is 5.79. The van der Waals surface area contributed by atoms with Crippen molar-refractivity contribution in [1.29, 1.82) is 0 Å². The highest BCUT2D eigenvalue weighted by molar-refractivity contribution is 7.11. The molecule has 0 amide bonds. The predicted molar refractivity (Wildman–Crippen MR) is 76.2 cm³/mol. The minimum absolute atomic E-state index is 0.708. The lowest BCUT2D eigenvalue weighted by Crippen LogP contribution is -2.29. The zero-order valence-electron chi connectivity index (χ0n) is 11.4. The third-order valence-electron chi connectivity index (χ3n) is 4.11. The highest BCUT2D eigenvalue weighted by atomic mass is 32.1. The number of aromatic nitrogens is 1. The summed E-state index contributed by atoms with van der Waals surface area (Å²) >= 11 is 1.94. The van der Waals surface area contributed by atoms with Crippen molar-refractivity contribution in [2.45, 2.75) is 51.1 Å². The quantitative estimate of drug-likeness (QED) is 0.906. The van der Waals surface area contributed by atoms with Crippen molar-refractivity contribution >= 4 is 11.3 Å². The van der Waals surface area contributed by atoms with Gasteiger partial charge >= 0.3 is 0 Å². The summed E-state index contributed by atoms with van der Waals surface area (Å²) in [6.45, 7) is 5.64. The van der Waals surface area contributed by atoms with E-state index in [-0.39, 0.29) is 0 Å². The lowest BCUT2D eigenvalue weighted by atomic mass is 9.98. The molecular weight excluding hydrogens is 242 g/mol. The first-order valence-corrected chi connectivity index (χ1v) is 7.92. The van der Waals surface area contributed by atoms with Crippen LogP contribution in [0.3, 0.4) is 0 Å². The molecule has 1 aromatic heterocycles. The summed E-state index contributed by atoms with van der Waals surface area (Å²) in [5.41, 5.74) is 1.25. The topological polar surface area (TPSA) is 28.2 Å². The average Bonchev–Trinajstić information content (AvgIpc) is 3.12. The fourth-order valence-corrected chi connectivity index (χ4v) is 3.76. The van der Waals surface area contributed by atoms with Gasteiger partial charge in [-0.25, -0.2) is 4.98 Å². The van der Waals surface area contributed by atoms with E-state index in [0.29, 0.717) is 5.92 Å². The number of hydrogen-bond donors (Lipinski definition) is 1. The molecule has 2 fully saturated rings. The fourth-order valence-electron chi connectivity index (χ4n) is 2.57. The van der Waals surface area contributed by atoms with Crippen LogP contribution in [-0.4, -0.2) is 36.1 Å². The predicted octanol–water partition coefficient (Wildman–Crippen LogP) is 2.51. The molecule has 0 radical (unpaired) electrons. The molecule has 1 saturated carbocycles. The summed E-state index contributed by atoms with van der Waals surface area (Å²) in [6.07, 6.45) is 5.28. The van der Waals surface area contributed by atoms with Gasteiger partial charge in [-0.2, -0.15) is 0 Å². The molecule has 0 unspecified atom stereocenters. The summed E-state index contributed by atoms with van der Waals surface area (Å²) in [6, 6.07) is 0.790. The zero-order valence-corrected chi connectivity index (χ0v) is 12.2. The van der Waals surface area contributed by atoms with Gasteiger partial charge < -0.3 is 10.2 Å². The monoisotopic (exact) mass is 265 g/mol. The number of aryl methyl sites for hydroxylation is 1. The Labute approximate surface area is 114 Å². The Morgan fingerprint density at radius 3 is 2.67 bits per heavy atom. The van der Waals surface area contributed by atoms with Crippen LogP contribution in [0.1, 0.15) is 47.2 Å². The molecular formula is C14H23N3S. The van der Waals surface area contributed by atoms with Crippen molar-refractivity contribution in [2.75, 3.05) is 20.1 Å². The van der Waals surface area contributed by atoms with E-state index in [9.17, 15) is 0 Å². The molecule has 3 rings (SSSR count). The zero-order chi connectivity index (χ0) is 12.5. The minimum atomic E-state index is 0.708. The molecule has 1 aliphatic heterocycles. The molecule has 1 aliphatic carbocycles. The fraction of sp³-hybridized carbons (Fsp3) is 0.786. The molecule has 2 heterocycles. The normalized spacial score (nSPS) is 22.6. The van der Waals surface area contributed by atoms with Gasteiger partial charge in [-0.15, -0.1) is 11.3 Å². The van der Waals surface area contributed by atoms with Crippen molar-refractivity contribution in [3.8, 4) is 0 Å². The van der Waals surface area contributed by atoms with Gasteiger partial charge in [-0.05, 0) is 52.7 Å². The first-order chi connectivity index (χ1) is 8.72. The van der Waals surface area contributed by atoms with Crippen molar-refractivity contribution in [3.63, 3.8) is 0 Å². The minimum Gasteiger partial charge on any atom is -0.309 e. The second-order valence-corrected chi connectivity index (χ2v) is 6.91. The Kier molecular flexibility index (Phi) is 3.68. The Balaban J connectivity index is 1.63. The van der Waals surface area contributed by atoms with Gasteiger partial charge in [0.15, 0.2) is 0 Å². The van der Waals surface area contributed by atoms with Crippen molar-refractivity contribution in [3.05, 3.63) is 15.6 Å². The molecule has 0 bridgehead atoms. The molecule has 1 N–H and O–H groups in total. The third-order valence-corrected chi connectivity index (χ3v) is 5.43. The van der Waals surface area contributed by atoms with Crippen molar-refractivity contribution < 1.29 is 0 Å². The summed E-state index contributed by atoms with van der Waals surface area (Å²) in [5.74, 6) is 0.708. The SMILES string of the molecule is Cc1nc(C2CCN(C)CC2)sc1CNC1CC1. The van der Waals surface area contributed by atoms with E-state index in [4.69, 9.17) is 4.98 Å². The van der Waals surface area contributed by atoms with E-state index in [2.05, 4.69) is 24.2 Å². The summed E-state index contributed by atoms with van der Waals surface area (Å²) in [5, 5.41) is 4.98. The number of nitrogens with one attached hydrogen (secondary N) is 1. The lowest BCUT2D eigenvalue weighted by Gasteiger charge is -2.27. The van der Waals surface area contributed by atoms with E-state index in [0.717, 1.165) is 12.6 Å². The number of likely N-dealkylation sites (tertiary alicyclic amines) is 1. The van der Waals surface area contributed by atoms with Gasteiger partial charge in [-0.3, -0.25) is 0 Å². The third kappa shape index (κ3) is 2.92. The van der Waals surface area contributed by atoms with Crippen LogP contribution in [0.2, 0.25) is 0 Å². The first kappa shape index (κ1) is 12.6. The largest absolute Gasteiger partial charge is 0.309 e. The van der Waals surface area contributed by atoms with Gasteiger partial charge in [0, 0.05) is 23.4 Å². The van der Waals surface area contributed by atoms with Gasteiger partial charge in [0.1, 0.15) is 0 Å². The summed E-state index contributed by atoms with van der Waals surface area (Å²) in [7, 11) is 2.22. The number of rotatable bonds is 4. The van der Waals surface area contributed by atoms with Gasteiger partial charge in [0.2, 0.25) is 0 Å². The van der Waals surface area contributed by atoms with Crippen LogP contribution in [0.15, 0.2) is 0 Å². The molecule has 2 aliphatic rings. The average molecular weight is 265 g/mol. The highest BCUT2D eigenvalue weighted by Crippen LogP contribution is 2.32. The standard InChI is InChI=1S/C14H23N3S/c1-10-13(9-15-12-3-4-12)18-14(16-10)11-5-7-17(2)8-6-11/h11-12,15H,3-9H2,1-2H3. The molecule has 18 heavy (non-hydrogen) atoms. The molecule has 100 valence electrons. The number of piperidine rings is 1. The molecule has 0 atom stereocenters. The first-order valence-electron chi connectivity index (χ1n) is 7.10. The van der Waals surface area contributed by atoms with Crippen molar-refractivity contribution in [1.82, 2.24) is 15.2 Å². The van der Waals surface area contributed by atoms with E-state index in [1.807, 2.05) is 11.3 Å². The smallest absolute Gasteiger partial charge is 0.0963 e. The van der Waals surface area contributed by atoms with Gasteiger partial charge in [0.25, 0.3) is 0 Å². The molecule has 1 saturated heterocycles. The second kappa shape index (κ2) is 5.27. The van der Waals surface area contributed by atoms with Crippen LogP contribution < -0.4 is 5.32 Å². The molecule has 3 nitrogen and oxygen atoms in total. The van der Waals surface area contributed by atoms with Crippen LogP contribution in [0, 0.1) is 6.92 Å². The van der Waals surface area contributed by atoms with Crippen LogP contribution in [0.4, 0.5) is 0 Å². The highest BCUT2D eigenvalue weighted by Gasteiger charge is 2.24. The Hall–Kier alpha value is -0.450. The van der Waals surface area contributed by atoms with E-state index >= 15 is 0 Å². The lowest BCUT2D eigenvalue weighted by molar-refractivity contribution is 0.255. The molecule has 0 spiro atoms. The number of hydrogen-bond acceptors (Lipinski definition) is 4. The molecule has 1 aromatic rings. The number of thiazole rings is 1. The van der Waals surface area contributed by atoms with Crippen LogP contribution >= 0.6 is 11.3 Å². The van der Waals surface area contributed by atoms with Crippen LogP contribution in [-0.2, 0) is 6.54 Å².